The van der Waals surface area contributed by atoms with Crippen molar-refractivity contribution < 1.29 is 19.3 Å². The van der Waals surface area contributed by atoms with E-state index in [0.717, 1.165) is 0 Å². The van der Waals surface area contributed by atoms with Crippen LogP contribution < -0.4 is 5.73 Å². The maximum absolute atomic E-state index is 8.37. The Hall–Kier alpha value is 0.0900. The van der Waals surface area contributed by atoms with Crippen LogP contribution in [0.4, 0.5) is 0 Å². The van der Waals surface area contributed by atoms with E-state index >= 15 is 0 Å². The second kappa shape index (κ2) is 13.1. The molecule has 1 atom stereocenters. The zero-order chi connectivity index (χ0) is 9.94. The quantitative estimate of drug-likeness (QED) is 0.422. The highest BCUT2D eigenvalue weighted by molar-refractivity contribution is 5.85. The zero-order valence-corrected chi connectivity index (χ0v) is 9.29. The molecular formula is C8H20ClNO4. The summed E-state index contributed by atoms with van der Waals surface area (Å²) in [4.78, 5) is 0. The third-order valence-corrected chi connectivity index (χ3v) is 1.22. The minimum Gasteiger partial charge on any atom is -0.394 e. The Kier molecular flexibility index (Phi) is 15.4. The molecule has 0 saturated heterocycles. The summed E-state index contributed by atoms with van der Waals surface area (Å²) >= 11 is 0. The topological polar surface area (TPSA) is 73.9 Å². The molecule has 0 aliphatic rings. The molecule has 0 aromatic rings. The number of hydrogen-bond donors (Lipinski definition) is 2. The second-order valence-electron chi connectivity index (χ2n) is 2.52. The first-order chi connectivity index (χ1) is 6.27. The second-order valence-corrected chi connectivity index (χ2v) is 2.52. The molecule has 14 heavy (non-hydrogen) atoms. The average molecular weight is 230 g/mol. The molecule has 0 amide bonds. The van der Waals surface area contributed by atoms with Crippen LogP contribution in [0, 0.1) is 0 Å². The van der Waals surface area contributed by atoms with Crippen molar-refractivity contribution in [2.45, 2.75) is 13.2 Å². The van der Waals surface area contributed by atoms with Gasteiger partial charge in [0.05, 0.1) is 39.6 Å². The number of aliphatic hydroxyl groups excluding tert-OH is 1. The Morgan fingerprint density at radius 1 is 1.07 bits per heavy atom. The first-order valence-electron chi connectivity index (χ1n) is 4.41. The van der Waals surface area contributed by atoms with Gasteiger partial charge in [0, 0.05) is 0 Å². The van der Waals surface area contributed by atoms with Gasteiger partial charge in [-0.1, -0.05) is 0 Å². The van der Waals surface area contributed by atoms with Gasteiger partial charge in [0.1, 0.15) is 6.23 Å². The molecule has 5 nitrogen and oxygen atoms in total. The summed E-state index contributed by atoms with van der Waals surface area (Å²) in [6.07, 6.45) is -0.241. The lowest BCUT2D eigenvalue weighted by Crippen LogP contribution is -2.21. The van der Waals surface area contributed by atoms with Gasteiger partial charge in [-0.25, -0.2) is 0 Å². The van der Waals surface area contributed by atoms with Crippen molar-refractivity contribution in [1.82, 2.24) is 0 Å². The lowest BCUT2D eigenvalue weighted by atomic mass is 10.6. The Bertz CT molecular complexity index is 105. The maximum atomic E-state index is 8.37. The SMILES string of the molecule is CC(N)OCCOCCOCCO.Cl. The molecule has 0 aliphatic carbocycles. The molecule has 0 aromatic carbocycles. The average Bonchev–Trinajstić information content (AvgIpc) is 2.09. The van der Waals surface area contributed by atoms with E-state index in [9.17, 15) is 0 Å². The number of rotatable bonds is 9. The van der Waals surface area contributed by atoms with Gasteiger partial charge in [0.2, 0.25) is 0 Å². The predicted octanol–water partition coefficient (Wildman–Crippen LogP) is -0.245. The first-order valence-corrected chi connectivity index (χ1v) is 4.41. The molecule has 0 aromatic heterocycles. The van der Waals surface area contributed by atoms with Crippen molar-refractivity contribution in [2.24, 2.45) is 5.73 Å². The summed E-state index contributed by atoms with van der Waals surface area (Å²) < 4.78 is 15.2. The van der Waals surface area contributed by atoms with Crippen LogP contribution in [0.25, 0.3) is 0 Å². The van der Waals surface area contributed by atoms with Crippen molar-refractivity contribution in [3.63, 3.8) is 0 Å². The summed E-state index contributed by atoms with van der Waals surface area (Å²) in [7, 11) is 0. The summed E-state index contributed by atoms with van der Waals surface area (Å²) in [5, 5.41) is 8.37. The number of hydrogen-bond acceptors (Lipinski definition) is 5. The van der Waals surface area contributed by atoms with Gasteiger partial charge in [0.15, 0.2) is 0 Å². The van der Waals surface area contributed by atoms with Crippen LogP contribution >= 0.6 is 12.4 Å². The molecule has 88 valence electrons. The van der Waals surface area contributed by atoms with Crippen molar-refractivity contribution in [3.8, 4) is 0 Å². The molecule has 3 N–H and O–H groups in total. The number of ether oxygens (including phenoxy) is 3. The van der Waals surface area contributed by atoms with Crippen LogP contribution in [0.3, 0.4) is 0 Å². The third kappa shape index (κ3) is 14.6. The van der Waals surface area contributed by atoms with Gasteiger partial charge in [-0.2, -0.15) is 0 Å². The van der Waals surface area contributed by atoms with Crippen LogP contribution in [0.15, 0.2) is 0 Å². The van der Waals surface area contributed by atoms with Crippen molar-refractivity contribution >= 4 is 12.4 Å². The first kappa shape index (κ1) is 16.5. The Morgan fingerprint density at radius 3 is 2.07 bits per heavy atom. The molecule has 0 rings (SSSR count). The summed E-state index contributed by atoms with van der Waals surface area (Å²) in [6.45, 7) is 4.21. The Morgan fingerprint density at radius 2 is 1.57 bits per heavy atom. The highest BCUT2D eigenvalue weighted by Gasteiger charge is 1.93. The van der Waals surface area contributed by atoms with Crippen LogP contribution in [-0.4, -0.2) is 51.0 Å². The van der Waals surface area contributed by atoms with Crippen molar-refractivity contribution in [3.05, 3.63) is 0 Å². The van der Waals surface area contributed by atoms with E-state index < -0.39 is 0 Å². The fourth-order valence-electron chi connectivity index (χ4n) is 0.679. The lowest BCUT2D eigenvalue weighted by Gasteiger charge is -2.07. The van der Waals surface area contributed by atoms with Crippen molar-refractivity contribution in [2.75, 3.05) is 39.6 Å². The fourth-order valence-corrected chi connectivity index (χ4v) is 0.679. The molecular weight excluding hydrogens is 210 g/mol. The normalized spacial score (nSPS) is 12.2. The predicted molar refractivity (Wildman–Crippen MR) is 55.6 cm³/mol. The number of halogens is 1. The molecule has 0 spiro atoms. The van der Waals surface area contributed by atoms with E-state index in [-0.39, 0.29) is 25.2 Å². The van der Waals surface area contributed by atoms with Crippen LogP contribution in [-0.2, 0) is 14.2 Å². The Balaban J connectivity index is 0. The molecule has 0 aliphatic heterocycles. The van der Waals surface area contributed by atoms with Gasteiger partial charge < -0.3 is 25.1 Å². The molecule has 1 unspecified atom stereocenters. The van der Waals surface area contributed by atoms with Gasteiger partial charge in [-0.05, 0) is 6.92 Å². The van der Waals surface area contributed by atoms with Gasteiger partial charge in [-0.3, -0.25) is 0 Å². The fraction of sp³-hybridized carbons (Fsp3) is 1.00. The lowest BCUT2D eigenvalue weighted by molar-refractivity contribution is -0.00828. The van der Waals surface area contributed by atoms with Crippen LogP contribution in [0.1, 0.15) is 6.92 Å². The monoisotopic (exact) mass is 229 g/mol. The van der Waals surface area contributed by atoms with E-state index in [1.807, 2.05) is 0 Å². The molecule has 0 radical (unpaired) electrons. The smallest absolute Gasteiger partial charge is 0.102 e. The third-order valence-electron chi connectivity index (χ3n) is 1.22. The zero-order valence-electron chi connectivity index (χ0n) is 8.48. The van der Waals surface area contributed by atoms with E-state index in [0.29, 0.717) is 33.0 Å². The minimum absolute atomic E-state index is 0. The highest BCUT2D eigenvalue weighted by atomic mass is 35.5. The molecule has 0 heterocycles. The highest BCUT2D eigenvalue weighted by Crippen LogP contribution is 1.82. The van der Waals surface area contributed by atoms with E-state index in [4.69, 9.17) is 25.1 Å². The molecule has 0 saturated carbocycles. The van der Waals surface area contributed by atoms with E-state index in [2.05, 4.69) is 0 Å². The molecule has 6 heteroatoms. The molecule has 0 bridgehead atoms. The largest absolute Gasteiger partial charge is 0.394 e. The molecule has 0 fully saturated rings. The summed E-state index contributed by atoms with van der Waals surface area (Å²) in [6, 6.07) is 0. The van der Waals surface area contributed by atoms with Crippen LogP contribution in [0.2, 0.25) is 0 Å². The summed E-state index contributed by atoms with van der Waals surface area (Å²) in [5.41, 5.74) is 5.34. The summed E-state index contributed by atoms with van der Waals surface area (Å²) in [5.74, 6) is 0. The van der Waals surface area contributed by atoms with E-state index in [1.54, 1.807) is 6.92 Å². The minimum atomic E-state index is -0.241. The Labute approximate surface area is 90.9 Å². The van der Waals surface area contributed by atoms with Gasteiger partial charge in [-0.15, -0.1) is 12.4 Å². The van der Waals surface area contributed by atoms with Gasteiger partial charge in [0.25, 0.3) is 0 Å². The van der Waals surface area contributed by atoms with E-state index in [1.165, 1.54) is 0 Å². The van der Waals surface area contributed by atoms with Crippen molar-refractivity contribution in [1.29, 1.82) is 0 Å². The van der Waals surface area contributed by atoms with Gasteiger partial charge >= 0.3 is 0 Å². The maximum Gasteiger partial charge on any atom is 0.102 e. The van der Waals surface area contributed by atoms with Crippen LogP contribution in [0.5, 0.6) is 0 Å². The number of nitrogens with two attached hydrogens (primary N) is 1. The number of aliphatic hydroxyl groups is 1. The standard InChI is InChI=1S/C8H19NO4.ClH/c1-8(9)13-7-6-12-5-4-11-3-2-10;/h8,10H,2-7,9H2,1H3;1H.